The second-order valence-electron chi connectivity index (χ2n) is 5.48. The van der Waals surface area contributed by atoms with E-state index in [1.807, 2.05) is 0 Å². The first-order valence-electron chi connectivity index (χ1n) is 6.34. The van der Waals surface area contributed by atoms with Gasteiger partial charge in [-0.15, -0.1) is 0 Å². The molecule has 0 aromatic heterocycles. The van der Waals surface area contributed by atoms with Crippen molar-refractivity contribution < 1.29 is 4.39 Å². The molecule has 1 nitrogen and oxygen atoms in total. The molecule has 1 aliphatic carbocycles. The van der Waals surface area contributed by atoms with E-state index in [0.717, 1.165) is 12.8 Å². The molecule has 0 spiro atoms. The molecule has 2 rings (SSSR count). The summed E-state index contributed by atoms with van der Waals surface area (Å²) >= 11 is 9.27. The Kier molecular flexibility index (Phi) is 4.35. The van der Waals surface area contributed by atoms with Crippen molar-refractivity contribution >= 4 is 27.5 Å². The molecule has 0 amide bonds. The van der Waals surface area contributed by atoms with E-state index >= 15 is 0 Å². The highest BCUT2D eigenvalue weighted by Gasteiger charge is 2.35. The third-order valence-corrected chi connectivity index (χ3v) is 5.32. The minimum atomic E-state index is -0.289. The fourth-order valence-corrected chi connectivity index (χ4v) is 3.31. The van der Waals surface area contributed by atoms with Crippen LogP contribution in [0.3, 0.4) is 0 Å². The fraction of sp³-hybridized carbons (Fsp3) is 0.571. The maximum Gasteiger partial charge on any atom is 0.129 e. The molecule has 0 aliphatic heterocycles. The van der Waals surface area contributed by atoms with Gasteiger partial charge in [-0.05, 0) is 46.3 Å². The molecule has 100 valence electrons. The van der Waals surface area contributed by atoms with Gasteiger partial charge in [0.05, 0.1) is 5.02 Å². The third-order valence-electron chi connectivity index (χ3n) is 4.12. The number of hydrogen-bond donors (Lipinski definition) is 1. The van der Waals surface area contributed by atoms with E-state index in [9.17, 15) is 4.39 Å². The van der Waals surface area contributed by atoms with Crippen LogP contribution in [0.5, 0.6) is 0 Å². The average molecular weight is 335 g/mol. The van der Waals surface area contributed by atoms with Crippen molar-refractivity contribution in [3.63, 3.8) is 0 Å². The van der Waals surface area contributed by atoms with Crippen LogP contribution in [0.2, 0.25) is 5.02 Å². The number of nitrogens with two attached hydrogens (primary N) is 1. The van der Waals surface area contributed by atoms with Gasteiger partial charge in [0, 0.05) is 16.1 Å². The van der Waals surface area contributed by atoms with Crippen molar-refractivity contribution in [1.82, 2.24) is 0 Å². The van der Waals surface area contributed by atoms with Gasteiger partial charge in [0.15, 0.2) is 0 Å². The Labute approximate surface area is 121 Å². The zero-order chi connectivity index (χ0) is 13.3. The quantitative estimate of drug-likeness (QED) is 0.738. The highest BCUT2D eigenvalue weighted by Crippen LogP contribution is 2.45. The molecule has 1 aromatic rings. The van der Waals surface area contributed by atoms with Crippen molar-refractivity contribution in [2.45, 2.75) is 45.1 Å². The second kappa shape index (κ2) is 5.48. The number of halogens is 3. The molecule has 0 saturated heterocycles. The standard InChI is InChI=1S/C14H18BrClFN/c1-14(5-3-2-4-6-14)13(18)9-7-11(16)10(15)8-12(9)17/h7-8,13H,2-6,18H2,1H3. The molecular weight excluding hydrogens is 317 g/mol. The number of benzene rings is 1. The first kappa shape index (κ1) is 14.3. The SMILES string of the molecule is CC1(C(N)c2cc(Cl)c(Br)cc2F)CCCCC1. The molecule has 1 unspecified atom stereocenters. The maximum absolute atomic E-state index is 14.0. The average Bonchev–Trinajstić information content (AvgIpc) is 2.34. The summed E-state index contributed by atoms with van der Waals surface area (Å²) in [6.07, 6.45) is 5.72. The molecule has 1 aliphatic rings. The Balaban J connectivity index is 2.33. The molecule has 1 aromatic carbocycles. The van der Waals surface area contributed by atoms with Crippen LogP contribution in [-0.4, -0.2) is 0 Å². The minimum Gasteiger partial charge on any atom is -0.323 e. The second-order valence-corrected chi connectivity index (χ2v) is 6.74. The Morgan fingerprint density at radius 2 is 1.94 bits per heavy atom. The Bertz CT molecular complexity index is 444. The van der Waals surface area contributed by atoms with Gasteiger partial charge in [-0.3, -0.25) is 0 Å². The summed E-state index contributed by atoms with van der Waals surface area (Å²) in [5.74, 6) is -0.273. The van der Waals surface area contributed by atoms with Gasteiger partial charge in [-0.1, -0.05) is 37.8 Å². The molecule has 0 bridgehead atoms. The van der Waals surface area contributed by atoms with Crippen LogP contribution in [-0.2, 0) is 0 Å². The lowest BCUT2D eigenvalue weighted by Crippen LogP contribution is -2.34. The summed E-state index contributed by atoms with van der Waals surface area (Å²) in [6, 6.07) is 2.78. The first-order chi connectivity index (χ1) is 8.44. The summed E-state index contributed by atoms with van der Waals surface area (Å²) in [4.78, 5) is 0. The van der Waals surface area contributed by atoms with Crippen LogP contribution in [0, 0.1) is 11.2 Å². The van der Waals surface area contributed by atoms with Crippen LogP contribution in [0.25, 0.3) is 0 Å². The zero-order valence-corrected chi connectivity index (χ0v) is 12.8. The first-order valence-corrected chi connectivity index (χ1v) is 7.51. The normalized spacial score (nSPS) is 20.7. The molecule has 18 heavy (non-hydrogen) atoms. The van der Waals surface area contributed by atoms with Crippen LogP contribution < -0.4 is 5.73 Å². The van der Waals surface area contributed by atoms with Gasteiger partial charge < -0.3 is 5.73 Å². The summed E-state index contributed by atoms with van der Waals surface area (Å²) in [6.45, 7) is 2.16. The van der Waals surface area contributed by atoms with E-state index in [2.05, 4.69) is 22.9 Å². The lowest BCUT2D eigenvalue weighted by atomic mass is 9.69. The van der Waals surface area contributed by atoms with E-state index in [1.165, 1.54) is 25.3 Å². The van der Waals surface area contributed by atoms with E-state index in [0.29, 0.717) is 15.1 Å². The van der Waals surface area contributed by atoms with Crippen LogP contribution >= 0.6 is 27.5 Å². The van der Waals surface area contributed by atoms with Crippen molar-refractivity contribution in [3.05, 3.63) is 33.0 Å². The highest BCUT2D eigenvalue weighted by molar-refractivity contribution is 9.10. The largest absolute Gasteiger partial charge is 0.323 e. The van der Waals surface area contributed by atoms with Crippen molar-refractivity contribution in [2.24, 2.45) is 11.1 Å². The van der Waals surface area contributed by atoms with Crippen molar-refractivity contribution in [3.8, 4) is 0 Å². The van der Waals surface area contributed by atoms with E-state index in [4.69, 9.17) is 17.3 Å². The molecule has 1 atom stereocenters. The highest BCUT2D eigenvalue weighted by atomic mass is 79.9. The molecule has 1 saturated carbocycles. The molecule has 0 heterocycles. The Morgan fingerprint density at radius 1 is 1.33 bits per heavy atom. The van der Waals surface area contributed by atoms with Gasteiger partial charge in [0.1, 0.15) is 5.82 Å². The van der Waals surface area contributed by atoms with Crippen molar-refractivity contribution in [2.75, 3.05) is 0 Å². The predicted octanol–water partition coefficient (Wildman–Crippen LogP) is 5.21. The van der Waals surface area contributed by atoms with Crippen LogP contribution in [0.15, 0.2) is 16.6 Å². The zero-order valence-electron chi connectivity index (χ0n) is 10.5. The van der Waals surface area contributed by atoms with E-state index in [1.54, 1.807) is 6.07 Å². The molecule has 0 radical (unpaired) electrons. The van der Waals surface area contributed by atoms with E-state index < -0.39 is 0 Å². The summed E-state index contributed by atoms with van der Waals surface area (Å²) in [5.41, 5.74) is 6.83. The van der Waals surface area contributed by atoms with Gasteiger partial charge in [-0.2, -0.15) is 0 Å². The van der Waals surface area contributed by atoms with Gasteiger partial charge in [-0.25, -0.2) is 4.39 Å². The number of hydrogen-bond acceptors (Lipinski definition) is 1. The molecular formula is C14H18BrClFN. The van der Waals surface area contributed by atoms with Gasteiger partial charge >= 0.3 is 0 Å². The lowest BCUT2D eigenvalue weighted by molar-refractivity contribution is 0.168. The Morgan fingerprint density at radius 3 is 2.56 bits per heavy atom. The third kappa shape index (κ3) is 2.73. The molecule has 1 fully saturated rings. The minimum absolute atomic E-state index is 0.0176. The summed E-state index contributed by atoms with van der Waals surface area (Å²) in [7, 11) is 0. The Hall–Kier alpha value is -0.120. The summed E-state index contributed by atoms with van der Waals surface area (Å²) in [5, 5.41) is 0.515. The van der Waals surface area contributed by atoms with E-state index in [-0.39, 0.29) is 17.3 Å². The fourth-order valence-electron chi connectivity index (χ4n) is 2.82. The molecule has 4 heteroatoms. The lowest BCUT2D eigenvalue weighted by Gasteiger charge is -2.39. The monoisotopic (exact) mass is 333 g/mol. The molecule has 2 N–H and O–H groups in total. The maximum atomic E-state index is 14.0. The predicted molar refractivity (Wildman–Crippen MR) is 77.2 cm³/mol. The summed E-state index contributed by atoms with van der Waals surface area (Å²) < 4.78 is 14.6. The van der Waals surface area contributed by atoms with Crippen molar-refractivity contribution in [1.29, 1.82) is 0 Å². The van der Waals surface area contributed by atoms with Gasteiger partial charge in [0.2, 0.25) is 0 Å². The van der Waals surface area contributed by atoms with Crippen LogP contribution in [0.4, 0.5) is 4.39 Å². The topological polar surface area (TPSA) is 26.0 Å². The van der Waals surface area contributed by atoms with Crippen LogP contribution in [0.1, 0.15) is 50.6 Å². The van der Waals surface area contributed by atoms with Gasteiger partial charge in [0.25, 0.3) is 0 Å². The smallest absolute Gasteiger partial charge is 0.129 e. The number of rotatable bonds is 2.